The highest BCUT2D eigenvalue weighted by Gasteiger charge is 2.60. The van der Waals surface area contributed by atoms with E-state index in [9.17, 15) is 9.59 Å². The van der Waals surface area contributed by atoms with Crippen LogP contribution in [0.3, 0.4) is 0 Å². The molecule has 0 amide bonds. The van der Waals surface area contributed by atoms with Gasteiger partial charge in [-0.2, -0.15) is 11.3 Å². The Bertz CT molecular complexity index is 440. The van der Waals surface area contributed by atoms with E-state index in [-0.39, 0.29) is 5.78 Å². The number of carbonyl (C=O) groups excluding carboxylic acids is 1. The van der Waals surface area contributed by atoms with E-state index in [1.54, 1.807) is 17.7 Å². The molecule has 2 unspecified atom stereocenters. The van der Waals surface area contributed by atoms with Crippen LogP contribution in [0, 0.1) is 11.3 Å². The molecule has 2 rings (SSSR count). The summed E-state index contributed by atoms with van der Waals surface area (Å²) < 4.78 is 0. The van der Waals surface area contributed by atoms with Gasteiger partial charge in [0.05, 0.1) is 10.4 Å². The van der Waals surface area contributed by atoms with Gasteiger partial charge in [0.1, 0.15) is 0 Å². The van der Waals surface area contributed by atoms with Crippen LogP contribution in [0.5, 0.6) is 0 Å². The number of ketones is 1. The molecule has 1 aliphatic rings. The van der Waals surface area contributed by atoms with Crippen LogP contribution in [0.2, 0.25) is 5.02 Å². The van der Waals surface area contributed by atoms with Crippen molar-refractivity contribution in [3.05, 3.63) is 21.3 Å². The first-order valence-electron chi connectivity index (χ1n) is 4.46. The summed E-state index contributed by atoms with van der Waals surface area (Å²) in [6, 6.07) is 0. The van der Waals surface area contributed by atoms with Crippen molar-refractivity contribution in [2.75, 3.05) is 0 Å². The van der Waals surface area contributed by atoms with Gasteiger partial charge in [-0.1, -0.05) is 11.6 Å². The van der Waals surface area contributed by atoms with Crippen LogP contribution in [0.1, 0.15) is 23.7 Å². The van der Waals surface area contributed by atoms with Gasteiger partial charge in [-0.3, -0.25) is 9.59 Å². The average Bonchev–Trinajstić information content (AvgIpc) is 2.68. The molecule has 15 heavy (non-hydrogen) atoms. The Labute approximate surface area is 95.7 Å². The molecular formula is C10H9ClO3S. The predicted octanol–water partition coefficient (Wildman–Crippen LogP) is 2.70. The van der Waals surface area contributed by atoms with Crippen molar-refractivity contribution < 1.29 is 14.7 Å². The minimum atomic E-state index is -0.910. The lowest BCUT2D eigenvalue weighted by atomic mass is 10.0. The smallest absolute Gasteiger partial charge is 0.310 e. The number of rotatable bonds is 3. The first-order valence-corrected chi connectivity index (χ1v) is 5.78. The average molecular weight is 245 g/mol. The lowest BCUT2D eigenvalue weighted by Gasteiger charge is -2.03. The van der Waals surface area contributed by atoms with E-state index < -0.39 is 17.3 Å². The van der Waals surface area contributed by atoms with Gasteiger partial charge >= 0.3 is 5.97 Å². The second kappa shape index (κ2) is 3.32. The lowest BCUT2D eigenvalue weighted by molar-refractivity contribution is -0.143. The predicted molar refractivity (Wildman–Crippen MR) is 57.5 cm³/mol. The van der Waals surface area contributed by atoms with E-state index >= 15 is 0 Å². The molecule has 0 spiro atoms. The van der Waals surface area contributed by atoms with Crippen molar-refractivity contribution in [2.45, 2.75) is 13.3 Å². The molecule has 0 aliphatic heterocycles. The quantitative estimate of drug-likeness (QED) is 0.832. The van der Waals surface area contributed by atoms with Crippen molar-refractivity contribution in [1.82, 2.24) is 0 Å². The first-order chi connectivity index (χ1) is 6.97. The van der Waals surface area contributed by atoms with Gasteiger partial charge in [-0.15, -0.1) is 0 Å². The molecule has 2 atom stereocenters. The number of hydrogen-bond donors (Lipinski definition) is 1. The zero-order chi connectivity index (χ0) is 11.2. The Kier molecular flexibility index (Phi) is 2.35. The number of thiophene rings is 1. The highest BCUT2D eigenvalue weighted by Crippen LogP contribution is 2.54. The van der Waals surface area contributed by atoms with E-state index in [2.05, 4.69) is 0 Å². The maximum absolute atomic E-state index is 11.9. The van der Waals surface area contributed by atoms with E-state index in [0.29, 0.717) is 17.0 Å². The number of hydrogen-bond acceptors (Lipinski definition) is 3. The van der Waals surface area contributed by atoms with Crippen molar-refractivity contribution in [1.29, 1.82) is 0 Å². The summed E-state index contributed by atoms with van der Waals surface area (Å²) in [5.41, 5.74) is -0.431. The Balaban J connectivity index is 2.20. The third kappa shape index (κ3) is 1.58. The minimum absolute atomic E-state index is 0.147. The molecule has 1 fully saturated rings. The Hall–Kier alpha value is -0.870. The summed E-state index contributed by atoms with van der Waals surface area (Å²) >= 11 is 7.17. The number of carboxylic acids is 1. The fraction of sp³-hybridized carbons (Fsp3) is 0.400. The van der Waals surface area contributed by atoms with Gasteiger partial charge in [0, 0.05) is 22.2 Å². The number of carbonyl (C=O) groups is 2. The lowest BCUT2D eigenvalue weighted by Crippen LogP contribution is -2.17. The number of aliphatic carboxylic acids is 1. The molecule has 1 saturated carbocycles. The molecule has 1 aromatic heterocycles. The largest absolute Gasteiger partial charge is 0.481 e. The molecule has 1 aliphatic carbocycles. The molecule has 1 heterocycles. The Morgan fingerprint density at radius 2 is 2.27 bits per heavy atom. The number of carboxylic acid groups (broad SMARTS) is 1. The summed E-state index contributed by atoms with van der Waals surface area (Å²) in [6.45, 7) is 1.60. The molecule has 1 aromatic rings. The van der Waals surface area contributed by atoms with E-state index in [1.165, 1.54) is 11.3 Å². The Morgan fingerprint density at radius 3 is 2.67 bits per heavy atom. The summed E-state index contributed by atoms with van der Waals surface area (Å²) in [4.78, 5) is 22.7. The summed E-state index contributed by atoms with van der Waals surface area (Å²) in [7, 11) is 0. The zero-order valence-corrected chi connectivity index (χ0v) is 9.56. The van der Waals surface area contributed by atoms with E-state index in [0.717, 1.165) is 0 Å². The standard InChI is InChI=1S/C10H9ClO3S/c1-10(9(13)14)2-6(10)8(12)5-3-15-4-7(5)11/h3-4,6H,2H2,1H3,(H,13,14). The van der Waals surface area contributed by atoms with Gasteiger partial charge in [0.2, 0.25) is 0 Å². The maximum Gasteiger partial charge on any atom is 0.310 e. The van der Waals surface area contributed by atoms with Crippen LogP contribution >= 0.6 is 22.9 Å². The van der Waals surface area contributed by atoms with Crippen LogP contribution in [-0.4, -0.2) is 16.9 Å². The van der Waals surface area contributed by atoms with Crippen molar-refractivity contribution >= 4 is 34.7 Å². The van der Waals surface area contributed by atoms with Crippen LogP contribution in [-0.2, 0) is 4.79 Å². The fourth-order valence-electron chi connectivity index (χ4n) is 1.63. The van der Waals surface area contributed by atoms with Crippen LogP contribution < -0.4 is 0 Å². The van der Waals surface area contributed by atoms with Gasteiger partial charge in [0.15, 0.2) is 5.78 Å². The second-order valence-corrected chi connectivity index (χ2v) is 5.13. The van der Waals surface area contributed by atoms with Crippen molar-refractivity contribution in [3.63, 3.8) is 0 Å². The highest BCUT2D eigenvalue weighted by molar-refractivity contribution is 7.08. The molecule has 80 valence electrons. The SMILES string of the molecule is CC1(C(=O)O)CC1C(=O)c1cscc1Cl. The second-order valence-electron chi connectivity index (χ2n) is 3.98. The monoisotopic (exact) mass is 244 g/mol. The summed E-state index contributed by atoms with van der Waals surface area (Å²) in [5.74, 6) is -1.47. The molecule has 0 saturated heterocycles. The van der Waals surface area contributed by atoms with Gasteiger partial charge < -0.3 is 5.11 Å². The van der Waals surface area contributed by atoms with Crippen LogP contribution in [0.4, 0.5) is 0 Å². The zero-order valence-electron chi connectivity index (χ0n) is 7.99. The third-order valence-corrected chi connectivity index (χ3v) is 4.11. The molecule has 1 N–H and O–H groups in total. The number of halogens is 1. The highest BCUT2D eigenvalue weighted by atomic mass is 35.5. The minimum Gasteiger partial charge on any atom is -0.481 e. The van der Waals surface area contributed by atoms with E-state index in [1.807, 2.05) is 0 Å². The molecule has 3 nitrogen and oxygen atoms in total. The first kappa shape index (κ1) is 10.6. The summed E-state index contributed by atoms with van der Waals surface area (Å²) in [6.07, 6.45) is 0.410. The number of Topliss-reactive ketones (excluding diaryl/α,β-unsaturated/α-hetero) is 1. The van der Waals surface area contributed by atoms with Gasteiger partial charge in [-0.05, 0) is 13.3 Å². The normalized spacial score (nSPS) is 28.8. The molecule has 5 heteroatoms. The third-order valence-electron chi connectivity index (χ3n) is 2.92. The molecule has 0 aromatic carbocycles. The van der Waals surface area contributed by atoms with Crippen molar-refractivity contribution in [2.24, 2.45) is 11.3 Å². The molecular weight excluding hydrogens is 236 g/mol. The van der Waals surface area contributed by atoms with Gasteiger partial charge in [0.25, 0.3) is 0 Å². The maximum atomic E-state index is 11.9. The Morgan fingerprint density at radius 1 is 1.60 bits per heavy atom. The molecule has 0 radical (unpaired) electrons. The van der Waals surface area contributed by atoms with Crippen molar-refractivity contribution in [3.8, 4) is 0 Å². The van der Waals surface area contributed by atoms with Gasteiger partial charge in [-0.25, -0.2) is 0 Å². The van der Waals surface area contributed by atoms with Crippen LogP contribution in [0.25, 0.3) is 0 Å². The molecule has 0 bridgehead atoms. The topological polar surface area (TPSA) is 54.4 Å². The summed E-state index contributed by atoms with van der Waals surface area (Å²) in [5, 5.41) is 12.7. The fourth-order valence-corrected chi connectivity index (χ4v) is 2.69. The van der Waals surface area contributed by atoms with E-state index in [4.69, 9.17) is 16.7 Å². The van der Waals surface area contributed by atoms with Crippen LogP contribution in [0.15, 0.2) is 10.8 Å².